The number of urea groups is 1. The molecule has 2 amide bonds. The van der Waals surface area contributed by atoms with Crippen LogP contribution < -0.4 is 15.1 Å². The van der Waals surface area contributed by atoms with Crippen molar-refractivity contribution < 1.29 is 9.53 Å². The average molecular weight is 417 g/mol. The van der Waals surface area contributed by atoms with Crippen molar-refractivity contribution in [3.05, 3.63) is 41.2 Å². The van der Waals surface area contributed by atoms with E-state index in [1.165, 1.54) is 0 Å². The Bertz CT molecular complexity index is 866. The Morgan fingerprint density at radius 1 is 1.03 bits per heavy atom. The molecule has 2 aromatic rings. The van der Waals surface area contributed by atoms with E-state index in [0.717, 1.165) is 62.3 Å². The van der Waals surface area contributed by atoms with Crippen molar-refractivity contribution in [2.24, 2.45) is 0 Å². The standard InChI is InChI=1S/C20H25ClN6O2/c1-15-16(21)3-2-4-17(15)24-20(28)27-7-5-25(6-8-27)18-13-19(23-14-22-18)26-9-11-29-12-10-26/h2-4,13-14H,5-12H2,1H3,(H,24,28). The normalized spacial score (nSPS) is 17.4. The summed E-state index contributed by atoms with van der Waals surface area (Å²) >= 11 is 6.14. The summed E-state index contributed by atoms with van der Waals surface area (Å²) in [5.74, 6) is 1.82. The highest BCUT2D eigenvalue weighted by molar-refractivity contribution is 6.31. The van der Waals surface area contributed by atoms with Crippen molar-refractivity contribution in [1.82, 2.24) is 14.9 Å². The van der Waals surface area contributed by atoms with E-state index < -0.39 is 0 Å². The largest absolute Gasteiger partial charge is 0.378 e. The molecule has 3 heterocycles. The Labute approximate surface area is 175 Å². The first-order chi connectivity index (χ1) is 14.1. The predicted octanol–water partition coefficient (Wildman–Crippen LogP) is 2.63. The monoisotopic (exact) mass is 416 g/mol. The second kappa shape index (κ2) is 8.84. The topological polar surface area (TPSA) is 73.8 Å². The van der Waals surface area contributed by atoms with Crippen molar-refractivity contribution in [2.45, 2.75) is 6.92 Å². The Morgan fingerprint density at radius 2 is 1.69 bits per heavy atom. The van der Waals surface area contributed by atoms with Gasteiger partial charge in [-0.05, 0) is 24.6 Å². The Morgan fingerprint density at radius 3 is 2.38 bits per heavy atom. The number of rotatable bonds is 3. The fourth-order valence-corrected chi connectivity index (χ4v) is 3.73. The minimum Gasteiger partial charge on any atom is -0.378 e. The zero-order valence-electron chi connectivity index (χ0n) is 16.5. The maximum absolute atomic E-state index is 12.6. The van der Waals surface area contributed by atoms with E-state index in [-0.39, 0.29) is 6.03 Å². The minimum atomic E-state index is -0.105. The summed E-state index contributed by atoms with van der Waals surface area (Å²) in [7, 11) is 0. The Hall–Kier alpha value is -2.58. The molecule has 154 valence electrons. The van der Waals surface area contributed by atoms with Gasteiger partial charge in [-0.25, -0.2) is 14.8 Å². The smallest absolute Gasteiger partial charge is 0.321 e. The molecule has 2 aliphatic heterocycles. The third kappa shape index (κ3) is 4.54. The number of nitrogens with one attached hydrogen (secondary N) is 1. The zero-order chi connectivity index (χ0) is 20.2. The summed E-state index contributed by atoms with van der Waals surface area (Å²) in [6.07, 6.45) is 1.61. The van der Waals surface area contributed by atoms with Crippen LogP contribution >= 0.6 is 11.6 Å². The van der Waals surface area contributed by atoms with Gasteiger partial charge in [0.15, 0.2) is 0 Å². The number of carbonyl (C=O) groups is 1. The molecule has 2 aliphatic rings. The molecule has 0 radical (unpaired) electrons. The first-order valence-corrected chi connectivity index (χ1v) is 10.2. The maximum Gasteiger partial charge on any atom is 0.321 e. The van der Waals surface area contributed by atoms with Gasteiger partial charge < -0.3 is 24.8 Å². The van der Waals surface area contributed by atoms with Crippen LogP contribution in [0.5, 0.6) is 0 Å². The number of amides is 2. The molecule has 1 aromatic heterocycles. The number of carbonyl (C=O) groups excluding carboxylic acids is 1. The third-order valence-corrected chi connectivity index (χ3v) is 5.78. The van der Waals surface area contributed by atoms with Crippen LogP contribution in [-0.4, -0.2) is 73.4 Å². The van der Waals surface area contributed by atoms with Gasteiger partial charge >= 0.3 is 6.03 Å². The molecular formula is C20H25ClN6O2. The molecule has 9 heteroatoms. The molecule has 1 N–H and O–H groups in total. The number of hydrogen-bond acceptors (Lipinski definition) is 6. The van der Waals surface area contributed by atoms with Crippen molar-refractivity contribution in [2.75, 3.05) is 67.6 Å². The van der Waals surface area contributed by atoms with Crippen LogP contribution in [0.1, 0.15) is 5.56 Å². The van der Waals surface area contributed by atoms with Crippen LogP contribution in [0.4, 0.5) is 22.1 Å². The van der Waals surface area contributed by atoms with E-state index in [0.29, 0.717) is 18.1 Å². The first-order valence-electron chi connectivity index (χ1n) is 9.82. The number of aromatic nitrogens is 2. The molecule has 0 spiro atoms. The molecule has 0 aliphatic carbocycles. The minimum absolute atomic E-state index is 0.105. The highest BCUT2D eigenvalue weighted by Crippen LogP contribution is 2.24. The summed E-state index contributed by atoms with van der Waals surface area (Å²) in [6, 6.07) is 7.44. The third-order valence-electron chi connectivity index (χ3n) is 5.37. The second-order valence-corrected chi connectivity index (χ2v) is 7.56. The van der Waals surface area contributed by atoms with Crippen molar-refractivity contribution in [3.8, 4) is 0 Å². The van der Waals surface area contributed by atoms with Gasteiger partial charge in [0.2, 0.25) is 0 Å². The summed E-state index contributed by atoms with van der Waals surface area (Å²) in [5.41, 5.74) is 1.62. The van der Waals surface area contributed by atoms with E-state index in [1.54, 1.807) is 6.33 Å². The number of morpholine rings is 1. The highest BCUT2D eigenvalue weighted by Gasteiger charge is 2.23. The lowest BCUT2D eigenvalue weighted by atomic mass is 10.2. The average Bonchev–Trinajstić information content (AvgIpc) is 2.78. The van der Waals surface area contributed by atoms with Crippen LogP contribution in [0, 0.1) is 6.92 Å². The molecule has 2 fully saturated rings. The molecule has 0 saturated carbocycles. The van der Waals surface area contributed by atoms with E-state index in [4.69, 9.17) is 16.3 Å². The van der Waals surface area contributed by atoms with E-state index in [1.807, 2.05) is 36.1 Å². The molecule has 8 nitrogen and oxygen atoms in total. The molecule has 0 atom stereocenters. The number of halogens is 1. The van der Waals surface area contributed by atoms with Crippen molar-refractivity contribution in [1.29, 1.82) is 0 Å². The van der Waals surface area contributed by atoms with E-state index >= 15 is 0 Å². The lowest BCUT2D eigenvalue weighted by molar-refractivity contribution is 0.122. The van der Waals surface area contributed by atoms with Crippen LogP contribution in [-0.2, 0) is 4.74 Å². The highest BCUT2D eigenvalue weighted by atomic mass is 35.5. The second-order valence-electron chi connectivity index (χ2n) is 7.15. The van der Waals surface area contributed by atoms with E-state index in [2.05, 4.69) is 25.1 Å². The molecule has 0 unspecified atom stereocenters. The number of nitrogens with zero attached hydrogens (tertiary/aromatic N) is 5. The van der Waals surface area contributed by atoms with Gasteiger partial charge in [-0.1, -0.05) is 17.7 Å². The van der Waals surface area contributed by atoms with Crippen LogP contribution in [0.2, 0.25) is 5.02 Å². The molecular weight excluding hydrogens is 392 g/mol. The molecule has 29 heavy (non-hydrogen) atoms. The fraction of sp³-hybridized carbons (Fsp3) is 0.450. The number of piperazine rings is 1. The van der Waals surface area contributed by atoms with Gasteiger partial charge in [-0.15, -0.1) is 0 Å². The molecule has 4 rings (SSSR count). The Kier molecular flexibility index (Phi) is 6.01. The van der Waals surface area contributed by atoms with Gasteiger partial charge in [-0.3, -0.25) is 0 Å². The van der Waals surface area contributed by atoms with Crippen LogP contribution in [0.3, 0.4) is 0 Å². The number of anilines is 3. The van der Waals surface area contributed by atoms with Gasteiger partial charge in [0.25, 0.3) is 0 Å². The summed E-state index contributed by atoms with van der Waals surface area (Å²) in [6.45, 7) is 7.73. The SMILES string of the molecule is Cc1c(Cl)cccc1NC(=O)N1CCN(c2cc(N3CCOCC3)ncn2)CC1. The summed E-state index contributed by atoms with van der Waals surface area (Å²) in [5, 5.41) is 3.61. The zero-order valence-corrected chi connectivity index (χ0v) is 17.2. The van der Waals surface area contributed by atoms with Crippen molar-refractivity contribution >= 4 is 35.0 Å². The number of hydrogen-bond donors (Lipinski definition) is 1. The quantitative estimate of drug-likeness (QED) is 0.829. The van der Waals surface area contributed by atoms with Gasteiger partial charge in [-0.2, -0.15) is 0 Å². The van der Waals surface area contributed by atoms with Crippen molar-refractivity contribution in [3.63, 3.8) is 0 Å². The summed E-state index contributed by atoms with van der Waals surface area (Å²) in [4.78, 5) is 27.7. The van der Waals surface area contributed by atoms with Gasteiger partial charge in [0.1, 0.15) is 18.0 Å². The molecule has 0 bridgehead atoms. The fourth-order valence-electron chi connectivity index (χ4n) is 3.55. The first kappa shape index (κ1) is 19.7. The van der Waals surface area contributed by atoms with Gasteiger partial charge in [0, 0.05) is 56.0 Å². The van der Waals surface area contributed by atoms with Crippen LogP contribution in [0.25, 0.3) is 0 Å². The summed E-state index contributed by atoms with van der Waals surface area (Å²) < 4.78 is 5.41. The van der Waals surface area contributed by atoms with Crippen LogP contribution in [0.15, 0.2) is 30.6 Å². The van der Waals surface area contributed by atoms with E-state index in [9.17, 15) is 4.79 Å². The number of ether oxygens (including phenoxy) is 1. The predicted molar refractivity (Wildman–Crippen MR) is 114 cm³/mol. The Balaban J connectivity index is 1.35. The number of benzene rings is 1. The van der Waals surface area contributed by atoms with Gasteiger partial charge in [0.05, 0.1) is 13.2 Å². The molecule has 1 aromatic carbocycles. The lowest BCUT2D eigenvalue weighted by Crippen LogP contribution is -2.50. The maximum atomic E-state index is 12.6. The molecule has 2 saturated heterocycles. The lowest BCUT2D eigenvalue weighted by Gasteiger charge is -2.36.